The summed E-state index contributed by atoms with van der Waals surface area (Å²) >= 11 is 1.46. The molecule has 0 saturated heterocycles. The minimum Gasteiger partial charge on any atom is -0.480 e. The SMILES string of the molecule is O=C(O)COCCNC(=O)NCc1nccs1. The highest BCUT2D eigenvalue weighted by Gasteiger charge is 2.01. The Kier molecular flexibility index (Phi) is 5.97. The lowest BCUT2D eigenvalue weighted by Crippen LogP contribution is -2.37. The number of urea groups is 1. The van der Waals surface area contributed by atoms with Crippen LogP contribution in [-0.2, 0) is 16.1 Å². The number of nitrogens with one attached hydrogen (secondary N) is 2. The Bertz CT molecular complexity index is 355. The van der Waals surface area contributed by atoms with Gasteiger partial charge < -0.3 is 20.5 Å². The van der Waals surface area contributed by atoms with Crippen LogP contribution in [0.25, 0.3) is 0 Å². The van der Waals surface area contributed by atoms with Gasteiger partial charge in [0, 0.05) is 18.1 Å². The third-order valence-electron chi connectivity index (χ3n) is 1.64. The first kappa shape index (κ1) is 13.4. The van der Waals surface area contributed by atoms with Crippen molar-refractivity contribution in [2.75, 3.05) is 19.8 Å². The van der Waals surface area contributed by atoms with E-state index < -0.39 is 5.97 Å². The Morgan fingerprint density at radius 2 is 2.29 bits per heavy atom. The van der Waals surface area contributed by atoms with E-state index in [-0.39, 0.29) is 25.8 Å². The van der Waals surface area contributed by atoms with Gasteiger partial charge in [-0.25, -0.2) is 14.6 Å². The number of hydrogen-bond donors (Lipinski definition) is 3. The number of carboxylic acids is 1. The summed E-state index contributed by atoms with van der Waals surface area (Å²) in [7, 11) is 0. The fourth-order valence-corrected chi connectivity index (χ4v) is 1.51. The molecule has 1 heterocycles. The average Bonchev–Trinajstić information content (AvgIpc) is 2.78. The zero-order valence-corrected chi connectivity index (χ0v) is 9.83. The van der Waals surface area contributed by atoms with Gasteiger partial charge in [-0.2, -0.15) is 0 Å². The van der Waals surface area contributed by atoms with Gasteiger partial charge in [-0.3, -0.25) is 0 Å². The molecule has 0 aliphatic rings. The maximum Gasteiger partial charge on any atom is 0.329 e. The highest BCUT2D eigenvalue weighted by atomic mass is 32.1. The Labute approximate surface area is 102 Å². The third-order valence-corrected chi connectivity index (χ3v) is 2.42. The van der Waals surface area contributed by atoms with Crippen LogP contribution in [0.3, 0.4) is 0 Å². The van der Waals surface area contributed by atoms with Crippen LogP contribution in [0.5, 0.6) is 0 Å². The van der Waals surface area contributed by atoms with Crippen LogP contribution in [0.1, 0.15) is 5.01 Å². The van der Waals surface area contributed by atoms with Gasteiger partial charge in [0.1, 0.15) is 11.6 Å². The number of rotatable bonds is 7. The molecule has 17 heavy (non-hydrogen) atoms. The van der Waals surface area contributed by atoms with Gasteiger partial charge in [0.15, 0.2) is 0 Å². The molecule has 0 spiro atoms. The van der Waals surface area contributed by atoms with E-state index in [9.17, 15) is 9.59 Å². The summed E-state index contributed by atoms with van der Waals surface area (Å²) in [4.78, 5) is 25.3. The van der Waals surface area contributed by atoms with Crippen LogP contribution in [0, 0.1) is 0 Å². The van der Waals surface area contributed by atoms with Gasteiger partial charge in [-0.15, -0.1) is 11.3 Å². The average molecular weight is 259 g/mol. The predicted molar refractivity (Wildman–Crippen MR) is 60.8 cm³/mol. The molecule has 0 bridgehead atoms. The van der Waals surface area contributed by atoms with Gasteiger partial charge in [-0.05, 0) is 0 Å². The summed E-state index contributed by atoms with van der Waals surface area (Å²) in [5.74, 6) is -1.03. The summed E-state index contributed by atoms with van der Waals surface area (Å²) < 4.78 is 4.74. The molecule has 0 atom stereocenters. The zero-order chi connectivity index (χ0) is 12.5. The molecule has 0 radical (unpaired) electrons. The van der Waals surface area contributed by atoms with Crippen LogP contribution >= 0.6 is 11.3 Å². The van der Waals surface area contributed by atoms with Crippen LogP contribution < -0.4 is 10.6 Å². The van der Waals surface area contributed by atoms with E-state index in [1.807, 2.05) is 5.38 Å². The van der Waals surface area contributed by atoms with E-state index in [0.29, 0.717) is 6.54 Å². The van der Waals surface area contributed by atoms with Crippen LogP contribution in [0.15, 0.2) is 11.6 Å². The van der Waals surface area contributed by atoms with Gasteiger partial charge in [-0.1, -0.05) is 0 Å². The highest BCUT2D eigenvalue weighted by Crippen LogP contribution is 2.01. The molecule has 3 N–H and O–H groups in total. The Morgan fingerprint density at radius 3 is 2.94 bits per heavy atom. The molecule has 94 valence electrons. The minimum atomic E-state index is -1.03. The molecular formula is C9H13N3O4S. The monoisotopic (exact) mass is 259 g/mol. The van der Waals surface area contributed by atoms with Crippen molar-refractivity contribution in [3.63, 3.8) is 0 Å². The van der Waals surface area contributed by atoms with Crippen molar-refractivity contribution in [1.82, 2.24) is 15.6 Å². The van der Waals surface area contributed by atoms with Crippen molar-refractivity contribution < 1.29 is 19.4 Å². The van der Waals surface area contributed by atoms with Crippen molar-refractivity contribution in [1.29, 1.82) is 0 Å². The first-order chi connectivity index (χ1) is 8.18. The molecule has 0 fully saturated rings. The van der Waals surface area contributed by atoms with Crippen molar-refractivity contribution >= 4 is 23.3 Å². The molecule has 1 rings (SSSR count). The lowest BCUT2D eigenvalue weighted by molar-refractivity contribution is -0.142. The van der Waals surface area contributed by atoms with Crippen LogP contribution in [0.2, 0.25) is 0 Å². The summed E-state index contributed by atoms with van der Waals surface area (Å²) in [6.45, 7) is 0.440. The van der Waals surface area contributed by atoms with Gasteiger partial charge in [0.05, 0.1) is 13.2 Å². The molecule has 0 aliphatic heterocycles. The second-order valence-electron chi connectivity index (χ2n) is 2.98. The largest absolute Gasteiger partial charge is 0.480 e. The molecule has 2 amide bonds. The number of carboxylic acid groups (broad SMARTS) is 1. The third kappa shape index (κ3) is 6.48. The fourth-order valence-electron chi connectivity index (χ4n) is 0.955. The molecule has 0 unspecified atom stereocenters. The number of nitrogens with zero attached hydrogens (tertiary/aromatic N) is 1. The molecule has 0 aromatic carbocycles. The number of aliphatic carboxylic acids is 1. The van der Waals surface area contributed by atoms with Gasteiger partial charge in [0.2, 0.25) is 0 Å². The standard InChI is InChI=1S/C9H13N3O4S/c13-8(14)6-16-3-1-11-9(15)12-5-7-10-2-4-17-7/h2,4H,1,3,5-6H2,(H,13,14)(H2,11,12,15). The van der Waals surface area contributed by atoms with E-state index in [4.69, 9.17) is 9.84 Å². The molecule has 1 aromatic heterocycles. The van der Waals surface area contributed by atoms with Crippen molar-refractivity contribution in [3.8, 4) is 0 Å². The molecule has 0 saturated carbocycles. The molecule has 8 heteroatoms. The van der Waals surface area contributed by atoms with E-state index in [0.717, 1.165) is 5.01 Å². The quantitative estimate of drug-likeness (QED) is 0.600. The lowest BCUT2D eigenvalue weighted by Gasteiger charge is -2.06. The topological polar surface area (TPSA) is 101 Å². The van der Waals surface area contributed by atoms with E-state index in [2.05, 4.69) is 15.6 Å². The second-order valence-corrected chi connectivity index (χ2v) is 3.96. The second kappa shape index (κ2) is 7.58. The maximum atomic E-state index is 11.2. The van der Waals surface area contributed by atoms with E-state index >= 15 is 0 Å². The molecule has 7 nitrogen and oxygen atoms in total. The fraction of sp³-hybridized carbons (Fsp3) is 0.444. The number of aromatic nitrogens is 1. The van der Waals surface area contributed by atoms with Crippen LogP contribution in [0.4, 0.5) is 4.79 Å². The number of carbonyl (C=O) groups excluding carboxylic acids is 1. The predicted octanol–water partition coefficient (Wildman–Crippen LogP) is 0.0435. The number of amides is 2. The number of thiazole rings is 1. The Hall–Kier alpha value is -1.67. The number of carbonyl (C=O) groups is 2. The smallest absolute Gasteiger partial charge is 0.329 e. The first-order valence-corrected chi connectivity index (χ1v) is 5.76. The van der Waals surface area contributed by atoms with E-state index in [1.54, 1.807) is 6.20 Å². The number of ether oxygens (including phenoxy) is 1. The Morgan fingerprint density at radius 1 is 1.47 bits per heavy atom. The van der Waals surface area contributed by atoms with Crippen molar-refractivity contribution in [3.05, 3.63) is 16.6 Å². The summed E-state index contributed by atoms with van der Waals surface area (Å²) in [5, 5.41) is 16.1. The number of hydrogen-bond acceptors (Lipinski definition) is 5. The maximum absolute atomic E-state index is 11.2. The summed E-state index contributed by atoms with van der Waals surface area (Å²) in [6, 6.07) is -0.334. The van der Waals surface area contributed by atoms with Crippen molar-refractivity contribution in [2.45, 2.75) is 6.54 Å². The first-order valence-electron chi connectivity index (χ1n) is 4.88. The molecule has 0 aliphatic carbocycles. The van der Waals surface area contributed by atoms with Crippen molar-refractivity contribution in [2.24, 2.45) is 0 Å². The normalized spacial score (nSPS) is 9.88. The van der Waals surface area contributed by atoms with E-state index in [1.165, 1.54) is 11.3 Å². The summed E-state index contributed by atoms with van der Waals surface area (Å²) in [5.41, 5.74) is 0. The minimum absolute atomic E-state index is 0.164. The lowest BCUT2D eigenvalue weighted by atomic mass is 10.6. The van der Waals surface area contributed by atoms with Gasteiger partial charge in [0.25, 0.3) is 0 Å². The van der Waals surface area contributed by atoms with Gasteiger partial charge >= 0.3 is 12.0 Å². The zero-order valence-electron chi connectivity index (χ0n) is 9.01. The van der Waals surface area contributed by atoms with Crippen LogP contribution in [-0.4, -0.2) is 41.8 Å². The highest BCUT2D eigenvalue weighted by molar-refractivity contribution is 7.09. The Balaban J connectivity index is 2.00. The summed E-state index contributed by atoms with van der Waals surface area (Å²) in [6.07, 6.45) is 1.67. The molecule has 1 aromatic rings. The molecular weight excluding hydrogens is 246 g/mol.